The zero-order chi connectivity index (χ0) is 99.0. The van der Waals surface area contributed by atoms with Gasteiger partial charge in [0.25, 0.3) is 0 Å². The average molecular weight is 2060 g/mol. The number of oxazole rings is 2. The number of aliphatic hydroxyl groups excluding tert-OH is 1. The Hall–Kier alpha value is -14.0. The van der Waals surface area contributed by atoms with Crippen LogP contribution < -0.4 is 29.4 Å². The molecule has 2 aliphatic rings. The maximum absolute atomic E-state index is 11.9. The van der Waals surface area contributed by atoms with Gasteiger partial charge in [-0.15, -0.1) is 30.6 Å². The molecule has 14 aromatic rings. The Morgan fingerprint density at radius 2 is 0.847 bits per heavy atom. The number of ether oxygens (including phenoxy) is 12. The largest absolute Gasteiger partial charge is 0.508 e. The van der Waals surface area contributed by atoms with Gasteiger partial charge in [0, 0.05) is 125 Å². The van der Waals surface area contributed by atoms with Crippen molar-refractivity contribution in [1.29, 1.82) is 0 Å². The van der Waals surface area contributed by atoms with Gasteiger partial charge >= 0.3 is 11.9 Å². The number of nitrogens with two attached hydrogens (primary N) is 1. The smallest absolute Gasteiger partial charge is 0.308 e. The SMILES string of the molecule is C=C(OCC)c1c(-c2ccc(OCOC)cc2)nnn1C.CC(N)=O.COC(=O)[C@H]1CCC[C@H](O)C1.COC(=O)[C@H]1CCC[C@H](Oc2ccc(-c3nnn(C)c3-c3cnc(C)o3)cc2)C1.COCOc1ccc(-c2cn(C)nn2)cc1.COCOc1ccc(-c2nnn(C)c2C(=O)CBr)cc1.COCOc1ccc(-c2nnn(C)c2I)cc1.Cc1ncc(-c2c(-c3ccc(O)cc3)nnn2C)o1. The number of carbonyl (C=O) groups is 4. The molecule has 2 saturated carbocycles. The van der Waals surface area contributed by atoms with Gasteiger partial charge in [0.2, 0.25) is 5.91 Å². The third-order valence-electron chi connectivity index (χ3n) is 20.2. The monoisotopic (exact) mass is 2060 g/mol. The quantitative estimate of drug-likeness (QED) is 0.00978. The van der Waals surface area contributed by atoms with Crippen molar-refractivity contribution in [3.8, 4) is 125 Å². The zero-order valence-corrected chi connectivity index (χ0v) is 82.8. The number of hydrogen-bond donors (Lipinski definition) is 3. The Morgan fingerprint density at radius 1 is 0.482 bits per heavy atom. The normalized spacial score (nSPS) is 13.9. The van der Waals surface area contributed by atoms with E-state index in [9.17, 15) is 29.4 Å². The average Bonchev–Trinajstić information content (AvgIpc) is 1.65. The molecule has 0 aliphatic heterocycles. The van der Waals surface area contributed by atoms with Crippen LogP contribution in [0.5, 0.6) is 34.5 Å². The van der Waals surface area contributed by atoms with Crippen molar-refractivity contribution >= 4 is 67.9 Å². The van der Waals surface area contributed by atoms with Gasteiger partial charge in [-0.3, -0.25) is 23.9 Å². The van der Waals surface area contributed by atoms with Crippen molar-refractivity contribution in [3.05, 3.63) is 198 Å². The van der Waals surface area contributed by atoms with E-state index in [2.05, 4.69) is 127 Å². The molecule has 1 amide bonds. The van der Waals surface area contributed by atoms with Crippen LogP contribution in [0.25, 0.3) is 96.2 Å². The molecule has 0 saturated heterocycles. The number of amides is 1. The molecule has 0 spiro atoms. The van der Waals surface area contributed by atoms with Crippen molar-refractivity contribution in [2.24, 2.45) is 59.9 Å². The predicted octanol–water partition coefficient (Wildman–Crippen LogP) is 14.0. The van der Waals surface area contributed by atoms with Crippen molar-refractivity contribution < 1.29 is 95.1 Å². The molecule has 4 atom stereocenters. The number of esters is 2. The molecule has 2 fully saturated rings. The summed E-state index contributed by atoms with van der Waals surface area (Å²) in [6.07, 6.45) is 11.6. The number of halogens is 2. The fraction of sp³-hybridized carbons (Fsp3) is 0.362. The van der Waals surface area contributed by atoms with Gasteiger partial charge in [-0.2, -0.15) is 0 Å². The number of alkyl halides is 1. The fourth-order valence-corrected chi connectivity index (χ4v) is 14.5. The number of nitrogens with zero attached hydrogens (tertiary/aromatic N) is 20. The highest BCUT2D eigenvalue weighted by molar-refractivity contribution is 14.1. The number of primary amides is 1. The summed E-state index contributed by atoms with van der Waals surface area (Å²) < 4.78 is 83.7. The van der Waals surface area contributed by atoms with E-state index >= 15 is 0 Å². The van der Waals surface area contributed by atoms with Gasteiger partial charge in [-0.1, -0.05) is 60.2 Å². The van der Waals surface area contributed by atoms with E-state index < -0.39 is 0 Å². The number of methoxy groups -OCH3 is 6. The number of benzene rings is 6. The summed E-state index contributed by atoms with van der Waals surface area (Å²) in [6.45, 7) is 12.2. The second-order valence-corrected chi connectivity index (χ2v) is 31.9. The zero-order valence-electron chi connectivity index (χ0n) is 79.0. The first kappa shape index (κ1) is 107. The van der Waals surface area contributed by atoms with Gasteiger partial charge in [0.1, 0.15) is 101 Å². The lowest BCUT2D eigenvalue weighted by atomic mass is 9.87. The second-order valence-electron chi connectivity index (χ2n) is 30.3. The molecule has 43 heteroatoms. The third kappa shape index (κ3) is 31.8. The topological polar surface area (TPSA) is 482 Å². The van der Waals surface area contributed by atoms with E-state index in [1.807, 2.05) is 151 Å². The minimum atomic E-state index is -0.333. The standard InChI is InChI=1S/C21H24N4O4.C15H19N3O3.C13H14BrN3O3.C13H12N4O2.C11H12IN3O2.C11H13N3O2.C8H14O3.C2H5NO/c1-13-22-12-18(28-13)20-19(23-24-25(20)2)14-7-9-16(10-8-14)29-17-6-4-5-15(11-17)21(26)27-3;1-5-20-11(2)15-14(16-17-18(15)3)12-6-8-13(9-7-12)21-10-19-4;1-17-13(11(18)7-14)12(15-16-17)9-3-5-10(6-4-9)20-8-19-2;1-8-14-7-11(19-8)13-12(15-16-17(13)2)9-3-5-10(18)6-4-9;1-15-11(12)10(13-14-15)8-3-5-9(6-4-8)17-7-16-2;1-14-7-11(12-13-14)9-3-5-10(6-4-9)16-8-15-2;1-11-8(10)6-3-2-4-7(9)5-6;1-2(3)4/h7-10,12,15,17H,4-6,11H2,1-3H3;6-9H,2,5,10H2,1,3-4H3;3-6H,7-8H2,1-2H3;3-7,18H,1-2H3;3-6H,7H2,1-2H3;3-7H,8H2,1-2H3;6-7,9H,2-5H2,1H3;1H3,(H2,3,4)/t15-,17-;;;;;;6-,7-;/m0.....0./s1. The van der Waals surface area contributed by atoms with E-state index in [1.165, 1.54) is 25.8 Å². The number of carbonyl (C=O) groups excluding carboxylic acids is 4. The van der Waals surface area contributed by atoms with Crippen LogP contribution in [-0.2, 0) is 89.8 Å². The number of aromatic hydroxyl groups is 1. The number of ketones is 1. The Morgan fingerprint density at radius 3 is 1.23 bits per heavy atom. The van der Waals surface area contributed by atoms with Crippen LogP contribution >= 0.6 is 38.5 Å². The van der Waals surface area contributed by atoms with E-state index in [0.29, 0.717) is 71.3 Å². The van der Waals surface area contributed by atoms with Crippen LogP contribution in [0.4, 0.5) is 0 Å². The van der Waals surface area contributed by atoms with Crippen molar-refractivity contribution in [3.63, 3.8) is 0 Å². The first-order valence-corrected chi connectivity index (χ1v) is 45.0. The van der Waals surface area contributed by atoms with Gasteiger partial charge < -0.3 is 81.6 Å². The summed E-state index contributed by atoms with van der Waals surface area (Å²) in [4.78, 5) is 52.2. The molecule has 4 N–H and O–H groups in total. The first-order chi connectivity index (χ1) is 66.0. The lowest BCUT2D eigenvalue weighted by Crippen LogP contribution is -2.30. The van der Waals surface area contributed by atoms with Gasteiger partial charge in [0.15, 0.2) is 56.3 Å². The molecule has 8 aromatic heterocycles. The van der Waals surface area contributed by atoms with Crippen molar-refractivity contribution in [2.45, 2.75) is 91.3 Å². The number of phenols is 1. The van der Waals surface area contributed by atoms with Crippen LogP contribution in [0.1, 0.15) is 93.2 Å². The van der Waals surface area contributed by atoms with Crippen LogP contribution in [0.3, 0.4) is 0 Å². The van der Waals surface area contributed by atoms with Crippen LogP contribution in [0, 0.1) is 29.4 Å². The molecule has 8 heterocycles. The molecule has 0 bridgehead atoms. The van der Waals surface area contributed by atoms with E-state index in [1.54, 1.807) is 129 Å². The van der Waals surface area contributed by atoms with E-state index in [0.717, 1.165) is 138 Å². The van der Waals surface area contributed by atoms with Crippen molar-refractivity contribution in [1.82, 2.24) is 99.9 Å². The van der Waals surface area contributed by atoms with Crippen LogP contribution in [-0.4, -0.2) is 228 Å². The molecule has 16 rings (SSSR count). The third-order valence-corrected chi connectivity index (χ3v) is 21.9. The molecule has 41 nitrogen and oxygen atoms in total. The fourth-order valence-electron chi connectivity index (χ4n) is 13.7. The minimum absolute atomic E-state index is 0.0166. The Labute approximate surface area is 813 Å². The molecule has 728 valence electrons. The summed E-state index contributed by atoms with van der Waals surface area (Å²) in [5, 5.41) is 67.5. The minimum Gasteiger partial charge on any atom is -0.508 e. The predicted molar refractivity (Wildman–Crippen MR) is 516 cm³/mol. The maximum Gasteiger partial charge on any atom is 0.308 e. The van der Waals surface area contributed by atoms with Crippen molar-refractivity contribution in [2.75, 3.05) is 81.8 Å². The Kier molecular flexibility index (Phi) is 42.5. The van der Waals surface area contributed by atoms with E-state index in [-0.39, 0.29) is 85.9 Å². The summed E-state index contributed by atoms with van der Waals surface area (Å²) >= 11 is 5.39. The molecule has 0 radical (unpaired) electrons. The van der Waals surface area contributed by atoms with E-state index in [4.69, 9.17) is 60.9 Å². The second kappa shape index (κ2) is 54.5. The number of aliphatic hydroxyl groups is 1. The first-order valence-electron chi connectivity index (χ1n) is 42.8. The van der Waals surface area contributed by atoms with Crippen LogP contribution in [0.15, 0.2) is 180 Å². The molecule has 6 aromatic carbocycles. The van der Waals surface area contributed by atoms with Gasteiger partial charge in [-0.05, 0) is 220 Å². The molecule has 137 heavy (non-hydrogen) atoms. The highest BCUT2D eigenvalue weighted by Gasteiger charge is 2.31. The number of phenolic OH excluding ortho intramolecular Hbond substituents is 1. The molecule has 2 aliphatic carbocycles. The summed E-state index contributed by atoms with van der Waals surface area (Å²) in [6, 6.07) is 44.7. The molecule has 0 unspecified atom stereocenters. The Balaban J connectivity index is 0.000000180. The summed E-state index contributed by atoms with van der Waals surface area (Å²) in [7, 11) is 20.0. The summed E-state index contributed by atoms with van der Waals surface area (Å²) in [5.41, 5.74) is 17.2. The van der Waals surface area contributed by atoms with Gasteiger partial charge in [0.05, 0.1) is 68.8 Å². The highest BCUT2D eigenvalue weighted by Crippen LogP contribution is 2.37. The summed E-state index contributed by atoms with van der Waals surface area (Å²) in [5.74, 6) is 6.06. The van der Waals surface area contributed by atoms with Crippen LogP contribution in [0.2, 0.25) is 0 Å². The molecular weight excluding hydrogens is 1950 g/mol. The number of hydrogen-bond acceptors (Lipinski definition) is 34. The number of aryl methyl sites for hydroxylation is 8. The Bertz CT molecular complexity index is 6080. The highest BCUT2D eigenvalue weighted by atomic mass is 127. The molecular formula is C94H113BrIN21O20. The lowest BCUT2D eigenvalue weighted by Gasteiger charge is -2.28. The van der Waals surface area contributed by atoms with Gasteiger partial charge in [-0.25, -0.2) is 33.4 Å². The lowest BCUT2D eigenvalue weighted by molar-refractivity contribution is -0.148. The number of rotatable bonds is 29. The maximum atomic E-state index is 11.9. The number of aromatic nitrogens is 20. The number of Topliss-reactive ketones (excluding diaryl/α,β-unsaturated/α-hetero) is 1.